The van der Waals surface area contributed by atoms with Crippen molar-refractivity contribution in [3.05, 3.63) is 71.8 Å². The highest BCUT2D eigenvalue weighted by molar-refractivity contribution is 5.87. The summed E-state index contributed by atoms with van der Waals surface area (Å²) in [5.74, 6) is 0.647. The first-order chi connectivity index (χ1) is 12.1. The van der Waals surface area contributed by atoms with Crippen molar-refractivity contribution >= 4 is 12.2 Å². The standard InChI is InChI=1S/C22H23NO2/c1-23(15-24)22-12-18(16-8-4-2-5-9-16)21(20(25)14-22)19(13-22)17-10-6-3-7-11-17/h2-11,15,18-19,21H,12-14H2,1H3. The largest absolute Gasteiger partial charge is 0.342 e. The summed E-state index contributed by atoms with van der Waals surface area (Å²) in [6.45, 7) is 0. The lowest BCUT2D eigenvalue weighted by Crippen LogP contribution is -2.60. The smallest absolute Gasteiger partial charge is 0.209 e. The number of carbonyl (C=O) groups is 2. The zero-order valence-electron chi connectivity index (χ0n) is 14.5. The van der Waals surface area contributed by atoms with E-state index in [4.69, 9.17) is 0 Å². The van der Waals surface area contributed by atoms with Gasteiger partial charge in [0.25, 0.3) is 0 Å². The van der Waals surface area contributed by atoms with Crippen LogP contribution in [0.2, 0.25) is 0 Å². The summed E-state index contributed by atoms with van der Waals surface area (Å²) < 4.78 is 0. The number of hydrogen-bond donors (Lipinski definition) is 0. The van der Waals surface area contributed by atoms with Gasteiger partial charge >= 0.3 is 0 Å². The minimum absolute atomic E-state index is 0.00623. The van der Waals surface area contributed by atoms with Gasteiger partial charge in [0.1, 0.15) is 5.78 Å². The molecule has 2 aromatic rings. The fourth-order valence-corrected chi connectivity index (χ4v) is 5.05. The second-order valence-corrected chi connectivity index (χ2v) is 7.55. The van der Waals surface area contributed by atoms with Crippen LogP contribution in [0.3, 0.4) is 0 Å². The molecule has 0 aromatic heterocycles. The minimum Gasteiger partial charge on any atom is -0.342 e. The lowest BCUT2D eigenvalue weighted by atomic mass is 9.52. The van der Waals surface area contributed by atoms with Gasteiger partial charge < -0.3 is 4.90 Å². The first kappa shape index (κ1) is 16.1. The van der Waals surface area contributed by atoms with Crippen LogP contribution in [0.25, 0.3) is 0 Å². The molecule has 3 heteroatoms. The topological polar surface area (TPSA) is 37.4 Å². The number of amides is 1. The maximum atomic E-state index is 13.1. The van der Waals surface area contributed by atoms with Crippen molar-refractivity contribution < 1.29 is 9.59 Å². The van der Waals surface area contributed by atoms with E-state index in [0.717, 1.165) is 19.3 Å². The van der Waals surface area contributed by atoms with Gasteiger partial charge in [0.15, 0.2) is 0 Å². The second-order valence-electron chi connectivity index (χ2n) is 7.55. The summed E-state index contributed by atoms with van der Waals surface area (Å²) in [4.78, 5) is 26.5. The van der Waals surface area contributed by atoms with E-state index in [0.29, 0.717) is 12.2 Å². The first-order valence-corrected chi connectivity index (χ1v) is 8.95. The van der Waals surface area contributed by atoms with Crippen LogP contribution in [0.4, 0.5) is 0 Å². The molecule has 5 rings (SSSR count). The molecule has 1 amide bonds. The predicted octanol–water partition coefficient (Wildman–Crippen LogP) is 3.76. The van der Waals surface area contributed by atoms with Crippen LogP contribution in [0.15, 0.2) is 60.7 Å². The number of nitrogens with zero attached hydrogens (tertiary/aromatic N) is 1. The van der Waals surface area contributed by atoms with Crippen molar-refractivity contribution in [2.45, 2.75) is 36.6 Å². The molecule has 2 bridgehead atoms. The summed E-state index contributed by atoms with van der Waals surface area (Å²) in [6.07, 6.45) is 3.11. The van der Waals surface area contributed by atoms with Gasteiger partial charge in [0.05, 0.1) is 5.54 Å². The third-order valence-electron chi connectivity index (χ3n) is 6.30. The van der Waals surface area contributed by atoms with E-state index in [1.807, 2.05) is 43.4 Å². The predicted molar refractivity (Wildman–Crippen MR) is 97.3 cm³/mol. The normalized spacial score (nSPS) is 30.9. The monoisotopic (exact) mass is 333 g/mol. The highest BCUT2D eigenvalue weighted by atomic mass is 16.1. The fraction of sp³-hybridized carbons (Fsp3) is 0.364. The zero-order valence-corrected chi connectivity index (χ0v) is 14.5. The maximum Gasteiger partial charge on any atom is 0.209 e. The average molecular weight is 333 g/mol. The molecule has 3 nitrogen and oxygen atoms in total. The van der Waals surface area contributed by atoms with E-state index in [9.17, 15) is 9.59 Å². The zero-order chi connectivity index (χ0) is 17.4. The van der Waals surface area contributed by atoms with E-state index in [-0.39, 0.29) is 23.3 Å². The highest BCUT2D eigenvalue weighted by Crippen LogP contribution is 2.57. The molecular formula is C22H23NO2. The Morgan fingerprint density at radius 1 is 0.920 bits per heavy atom. The molecule has 25 heavy (non-hydrogen) atoms. The van der Waals surface area contributed by atoms with Crippen molar-refractivity contribution in [2.24, 2.45) is 5.92 Å². The SMILES string of the molecule is CN(C=O)C12CC(=O)C(C(c3ccccc3)C1)C(c1ccccc1)C2. The van der Waals surface area contributed by atoms with E-state index in [2.05, 4.69) is 24.3 Å². The van der Waals surface area contributed by atoms with Crippen molar-refractivity contribution in [1.29, 1.82) is 0 Å². The minimum atomic E-state index is -0.366. The third kappa shape index (κ3) is 2.58. The molecule has 0 spiro atoms. The molecular weight excluding hydrogens is 310 g/mol. The van der Waals surface area contributed by atoms with Crippen LogP contribution in [-0.2, 0) is 9.59 Å². The molecule has 0 N–H and O–H groups in total. The quantitative estimate of drug-likeness (QED) is 0.799. The van der Waals surface area contributed by atoms with Gasteiger partial charge in [-0.1, -0.05) is 60.7 Å². The summed E-state index contributed by atoms with van der Waals surface area (Å²) >= 11 is 0. The van der Waals surface area contributed by atoms with Gasteiger partial charge in [-0.25, -0.2) is 0 Å². The number of benzene rings is 2. The van der Waals surface area contributed by atoms with Crippen LogP contribution in [0.1, 0.15) is 42.2 Å². The second kappa shape index (κ2) is 6.14. The summed E-state index contributed by atoms with van der Waals surface area (Å²) in [5, 5.41) is 0. The van der Waals surface area contributed by atoms with Crippen LogP contribution < -0.4 is 0 Å². The number of ketones is 1. The number of hydrogen-bond acceptors (Lipinski definition) is 2. The van der Waals surface area contributed by atoms with E-state index >= 15 is 0 Å². The Labute approximate surface area is 148 Å². The Bertz CT molecular complexity index is 722. The van der Waals surface area contributed by atoms with Crippen LogP contribution in [-0.4, -0.2) is 29.7 Å². The van der Waals surface area contributed by atoms with E-state index < -0.39 is 0 Å². The molecule has 2 atom stereocenters. The van der Waals surface area contributed by atoms with Gasteiger partial charge in [0, 0.05) is 19.4 Å². The molecule has 2 aromatic carbocycles. The van der Waals surface area contributed by atoms with Gasteiger partial charge in [-0.05, 0) is 35.8 Å². The molecule has 0 radical (unpaired) electrons. The lowest BCUT2D eigenvalue weighted by Gasteiger charge is -2.56. The summed E-state index contributed by atoms with van der Waals surface area (Å²) in [7, 11) is 1.83. The van der Waals surface area contributed by atoms with Crippen molar-refractivity contribution in [1.82, 2.24) is 4.90 Å². The Balaban J connectivity index is 1.82. The Morgan fingerprint density at radius 3 is 1.84 bits per heavy atom. The van der Waals surface area contributed by atoms with Crippen molar-refractivity contribution in [3.8, 4) is 0 Å². The Kier molecular flexibility index (Phi) is 3.95. The number of rotatable bonds is 4. The molecule has 3 aliphatic carbocycles. The molecule has 0 saturated heterocycles. The van der Waals surface area contributed by atoms with Gasteiger partial charge in [-0.15, -0.1) is 0 Å². The van der Waals surface area contributed by atoms with Crippen molar-refractivity contribution in [3.63, 3.8) is 0 Å². The maximum absolute atomic E-state index is 13.1. The average Bonchev–Trinajstić information content (AvgIpc) is 2.68. The molecule has 3 saturated carbocycles. The van der Waals surface area contributed by atoms with Crippen LogP contribution >= 0.6 is 0 Å². The van der Waals surface area contributed by atoms with E-state index in [1.165, 1.54) is 11.1 Å². The Morgan fingerprint density at radius 2 is 1.40 bits per heavy atom. The van der Waals surface area contributed by atoms with Crippen LogP contribution in [0, 0.1) is 5.92 Å². The first-order valence-electron chi connectivity index (χ1n) is 8.95. The summed E-state index contributed by atoms with van der Waals surface area (Å²) in [6, 6.07) is 20.6. The molecule has 0 heterocycles. The summed E-state index contributed by atoms with van der Waals surface area (Å²) in [5.41, 5.74) is 2.06. The molecule has 3 fully saturated rings. The number of carbonyl (C=O) groups excluding carboxylic acids is 2. The highest BCUT2D eigenvalue weighted by Gasteiger charge is 2.57. The molecule has 0 aliphatic heterocycles. The van der Waals surface area contributed by atoms with Gasteiger partial charge in [0.2, 0.25) is 6.41 Å². The lowest BCUT2D eigenvalue weighted by molar-refractivity contribution is -0.143. The molecule has 3 aliphatic rings. The molecule has 128 valence electrons. The fourth-order valence-electron chi connectivity index (χ4n) is 5.05. The Hall–Kier alpha value is -2.42. The van der Waals surface area contributed by atoms with E-state index in [1.54, 1.807) is 4.90 Å². The van der Waals surface area contributed by atoms with Gasteiger partial charge in [-0.3, -0.25) is 9.59 Å². The third-order valence-corrected chi connectivity index (χ3v) is 6.30. The number of Topliss-reactive ketones (excluding diaryl/α,β-unsaturated/α-hetero) is 1. The van der Waals surface area contributed by atoms with Crippen LogP contribution in [0.5, 0.6) is 0 Å². The number of fused-ring (bicyclic) bond motifs is 3. The van der Waals surface area contributed by atoms with Crippen molar-refractivity contribution in [2.75, 3.05) is 7.05 Å². The molecule has 2 unspecified atom stereocenters. The van der Waals surface area contributed by atoms with Gasteiger partial charge in [-0.2, -0.15) is 0 Å².